The van der Waals surface area contributed by atoms with E-state index in [1.165, 1.54) is 24.3 Å². The van der Waals surface area contributed by atoms with E-state index in [0.717, 1.165) is 28.7 Å². The quantitative estimate of drug-likeness (QED) is 0.826. The minimum absolute atomic E-state index is 0.0671. The van der Waals surface area contributed by atoms with Gasteiger partial charge in [-0.25, -0.2) is 8.78 Å². The lowest BCUT2D eigenvalue weighted by Gasteiger charge is -2.26. The Morgan fingerprint density at radius 1 is 1.00 bits per heavy atom. The summed E-state index contributed by atoms with van der Waals surface area (Å²) in [6, 6.07) is 14.4. The van der Waals surface area contributed by atoms with E-state index in [-0.39, 0.29) is 23.4 Å². The molecule has 0 radical (unpaired) electrons. The fourth-order valence-corrected chi connectivity index (χ4v) is 3.63. The van der Waals surface area contributed by atoms with Gasteiger partial charge in [-0.2, -0.15) is 5.26 Å². The highest BCUT2D eigenvalue weighted by atomic mass is 19.1. The molecule has 0 fully saturated rings. The zero-order chi connectivity index (χ0) is 19.0. The summed E-state index contributed by atoms with van der Waals surface area (Å²) in [6.07, 6.45) is 3.38. The summed E-state index contributed by atoms with van der Waals surface area (Å²) in [6.45, 7) is 0. The molecule has 2 N–H and O–H groups in total. The predicted molar refractivity (Wildman–Crippen MR) is 97.7 cm³/mol. The maximum atomic E-state index is 13.3. The standard InChI is InChI=1S/C22H16F2N2O/c23-16-6-1-13(2-7-16)11-15-5-10-18-20(14-3-8-17(24)9-4-14)19(12-25)22(26)27-21(15)18/h1-4,6-9,11,20H,5,10,26H2/b15-11-/t20-/m1/s1. The molecule has 0 unspecified atom stereocenters. The van der Waals surface area contributed by atoms with Crippen LogP contribution in [0, 0.1) is 23.0 Å². The van der Waals surface area contributed by atoms with Crippen LogP contribution in [0.15, 0.2) is 76.9 Å². The van der Waals surface area contributed by atoms with Crippen LogP contribution in [-0.4, -0.2) is 0 Å². The number of ether oxygens (including phenoxy) is 1. The minimum Gasteiger partial charge on any atom is -0.440 e. The number of nitrogens with two attached hydrogens (primary N) is 1. The lowest BCUT2D eigenvalue weighted by molar-refractivity contribution is 0.292. The highest BCUT2D eigenvalue weighted by Gasteiger charge is 2.36. The van der Waals surface area contributed by atoms with Gasteiger partial charge in [0.05, 0.1) is 0 Å². The molecule has 2 aromatic rings. The summed E-state index contributed by atoms with van der Waals surface area (Å²) in [5, 5.41) is 9.58. The minimum atomic E-state index is -0.349. The van der Waals surface area contributed by atoms with E-state index in [1.807, 2.05) is 6.08 Å². The van der Waals surface area contributed by atoms with Crippen molar-refractivity contribution in [1.29, 1.82) is 5.26 Å². The van der Waals surface area contributed by atoms with Crippen molar-refractivity contribution < 1.29 is 13.5 Å². The Labute approximate surface area is 155 Å². The van der Waals surface area contributed by atoms with Crippen LogP contribution in [-0.2, 0) is 4.74 Å². The summed E-state index contributed by atoms with van der Waals surface area (Å²) in [7, 11) is 0. The topological polar surface area (TPSA) is 59.0 Å². The van der Waals surface area contributed by atoms with Crippen molar-refractivity contribution in [2.75, 3.05) is 0 Å². The fraction of sp³-hybridized carbons (Fsp3) is 0.136. The van der Waals surface area contributed by atoms with Gasteiger partial charge in [-0.1, -0.05) is 24.3 Å². The molecular formula is C22H16F2N2O. The molecule has 3 nitrogen and oxygen atoms in total. The van der Waals surface area contributed by atoms with E-state index in [4.69, 9.17) is 10.5 Å². The molecular weight excluding hydrogens is 346 g/mol. The van der Waals surface area contributed by atoms with Gasteiger partial charge >= 0.3 is 0 Å². The van der Waals surface area contributed by atoms with Crippen LogP contribution in [0.1, 0.15) is 29.9 Å². The average Bonchev–Trinajstić information content (AvgIpc) is 3.05. The van der Waals surface area contributed by atoms with Crippen molar-refractivity contribution in [3.05, 3.63) is 99.7 Å². The van der Waals surface area contributed by atoms with E-state index in [1.54, 1.807) is 24.3 Å². The zero-order valence-electron chi connectivity index (χ0n) is 14.4. The van der Waals surface area contributed by atoms with Crippen LogP contribution >= 0.6 is 0 Å². The summed E-state index contributed by atoms with van der Waals surface area (Å²) in [4.78, 5) is 0. The van der Waals surface area contributed by atoms with Crippen LogP contribution in [0.4, 0.5) is 8.78 Å². The van der Waals surface area contributed by atoms with E-state index >= 15 is 0 Å². The smallest absolute Gasteiger partial charge is 0.205 e. The van der Waals surface area contributed by atoms with Gasteiger partial charge in [0.2, 0.25) is 5.88 Å². The van der Waals surface area contributed by atoms with Gasteiger partial charge < -0.3 is 10.5 Å². The largest absolute Gasteiger partial charge is 0.440 e. The molecule has 1 heterocycles. The summed E-state index contributed by atoms with van der Waals surface area (Å²) < 4.78 is 32.3. The molecule has 1 aliphatic heterocycles. The fourth-order valence-electron chi connectivity index (χ4n) is 3.63. The predicted octanol–water partition coefficient (Wildman–Crippen LogP) is 4.90. The van der Waals surface area contributed by atoms with Gasteiger partial charge in [0, 0.05) is 5.92 Å². The number of benzene rings is 2. The summed E-state index contributed by atoms with van der Waals surface area (Å²) in [5.74, 6) is -0.250. The maximum Gasteiger partial charge on any atom is 0.205 e. The first-order valence-corrected chi connectivity index (χ1v) is 8.59. The molecule has 2 aromatic carbocycles. The van der Waals surface area contributed by atoms with Crippen LogP contribution in [0.3, 0.4) is 0 Å². The number of halogens is 2. The van der Waals surface area contributed by atoms with E-state index in [9.17, 15) is 14.0 Å². The molecule has 0 saturated carbocycles. The van der Waals surface area contributed by atoms with Gasteiger partial charge in [-0.05, 0) is 65.5 Å². The second kappa shape index (κ2) is 6.73. The molecule has 27 heavy (non-hydrogen) atoms. The summed E-state index contributed by atoms with van der Waals surface area (Å²) >= 11 is 0. The van der Waals surface area contributed by atoms with Crippen LogP contribution in [0.2, 0.25) is 0 Å². The highest BCUT2D eigenvalue weighted by molar-refractivity contribution is 5.63. The van der Waals surface area contributed by atoms with Crippen molar-refractivity contribution >= 4 is 6.08 Å². The van der Waals surface area contributed by atoms with Crippen LogP contribution in [0.5, 0.6) is 0 Å². The maximum absolute atomic E-state index is 13.3. The van der Waals surface area contributed by atoms with Crippen molar-refractivity contribution in [2.24, 2.45) is 5.73 Å². The molecule has 4 rings (SSSR count). The van der Waals surface area contributed by atoms with Crippen molar-refractivity contribution in [3.63, 3.8) is 0 Å². The Balaban J connectivity index is 1.78. The molecule has 0 saturated heterocycles. The first-order valence-electron chi connectivity index (χ1n) is 8.59. The highest BCUT2D eigenvalue weighted by Crippen LogP contribution is 2.48. The molecule has 1 atom stereocenters. The Morgan fingerprint density at radius 3 is 2.26 bits per heavy atom. The lowest BCUT2D eigenvalue weighted by Crippen LogP contribution is -2.19. The Hall–Kier alpha value is -3.39. The van der Waals surface area contributed by atoms with E-state index < -0.39 is 0 Å². The first kappa shape index (κ1) is 17.0. The Kier molecular flexibility index (Phi) is 4.25. The number of allylic oxidation sites excluding steroid dienone is 3. The van der Waals surface area contributed by atoms with Crippen LogP contribution < -0.4 is 5.73 Å². The van der Waals surface area contributed by atoms with Gasteiger partial charge in [-0.3, -0.25) is 0 Å². The molecule has 0 spiro atoms. The van der Waals surface area contributed by atoms with Gasteiger partial charge in [0.25, 0.3) is 0 Å². The van der Waals surface area contributed by atoms with E-state index in [2.05, 4.69) is 6.07 Å². The second-order valence-corrected chi connectivity index (χ2v) is 6.55. The molecule has 134 valence electrons. The summed E-state index contributed by atoms with van der Waals surface area (Å²) in [5.41, 5.74) is 9.93. The van der Waals surface area contributed by atoms with E-state index in [0.29, 0.717) is 17.8 Å². The SMILES string of the molecule is N#CC1=C(N)OC2=C(CC/C2=C/c2ccc(F)cc2)[C@H]1c1ccc(F)cc1. The number of hydrogen-bond acceptors (Lipinski definition) is 3. The number of nitriles is 1. The first-order chi connectivity index (χ1) is 13.1. The van der Waals surface area contributed by atoms with Gasteiger partial charge in [0.15, 0.2) is 0 Å². The van der Waals surface area contributed by atoms with Gasteiger partial charge in [0.1, 0.15) is 29.0 Å². The Bertz CT molecular complexity index is 1030. The second-order valence-electron chi connectivity index (χ2n) is 6.55. The normalized spacial score (nSPS) is 20.5. The molecule has 1 aliphatic carbocycles. The third-order valence-corrected chi connectivity index (χ3v) is 4.90. The molecule has 0 bridgehead atoms. The molecule has 0 aromatic heterocycles. The lowest BCUT2D eigenvalue weighted by atomic mass is 9.83. The molecule has 2 aliphatic rings. The third-order valence-electron chi connectivity index (χ3n) is 4.90. The van der Waals surface area contributed by atoms with Gasteiger partial charge in [-0.15, -0.1) is 0 Å². The number of nitrogens with zero attached hydrogens (tertiary/aromatic N) is 1. The van der Waals surface area contributed by atoms with Crippen molar-refractivity contribution in [1.82, 2.24) is 0 Å². The average molecular weight is 362 g/mol. The number of hydrogen-bond donors (Lipinski definition) is 1. The zero-order valence-corrected chi connectivity index (χ0v) is 14.4. The van der Waals surface area contributed by atoms with Crippen molar-refractivity contribution in [2.45, 2.75) is 18.8 Å². The third kappa shape index (κ3) is 3.11. The molecule has 5 heteroatoms. The Morgan fingerprint density at radius 2 is 1.63 bits per heavy atom. The van der Waals surface area contributed by atoms with Crippen molar-refractivity contribution in [3.8, 4) is 6.07 Å². The van der Waals surface area contributed by atoms with Crippen LogP contribution in [0.25, 0.3) is 6.08 Å². The molecule has 0 amide bonds. The number of rotatable bonds is 2. The monoisotopic (exact) mass is 362 g/mol.